The lowest BCUT2D eigenvalue weighted by atomic mass is 10.1. The molecule has 1 aliphatic rings. The number of hydrogen-bond acceptors (Lipinski definition) is 3. The second kappa shape index (κ2) is 5.18. The first-order valence-corrected chi connectivity index (χ1v) is 5.65. The fourth-order valence-corrected chi connectivity index (χ4v) is 1.67. The maximum absolute atomic E-state index is 11.1. The van der Waals surface area contributed by atoms with Crippen LogP contribution in [0.25, 0.3) is 0 Å². The maximum atomic E-state index is 11.1. The summed E-state index contributed by atoms with van der Waals surface area (Å²) in [5, 5.41) is 5.96. The molecule has 0 bridgehead atoms. The van der Waals surface area contributed by atoms with E-state index in [2.05, 4.69) is 10.6 Å². The highest BCUT2D eigenvalue weighted by Gasteiger charge is 2.15. The first-order valence-electron chi connectivity index (χ1n) is 5.12. The number of halogens is 1. The van der Waals surface area contributed by atoms with Crippen molar-refractivity contribution in [1.82, 2.24) is 5.32 Å². The van der Waals surface area contributed by atoms with E-state index < -0.39 is 0 Å². The van der Waals surface area contributed by atoms with E-state index >= 15 is 0 Å². The molecule has 2 rings (SSSR count). The molecule has 16 heavy (non-hydrogen) atoms. The van der Waals surface area contributed by atoms with E-state index in [-0.39, 0.29) is 12.5 Å². The zero-order valence-corrected chi connectivity index (χ0v) is 9.51. The third-order valence-electron chi connectivity index (χ3n) is 2.28. The quantitative estimate of drug-likeness (QED) is 0.617. The zero-order chi connectivity index (χ0) is 11.4. The number of hydrogen-bond donors (Lipinski definition) is 2. The molecule has 1 aromatic rings. The van der Waals surface area contributed by atoms with E-state index in [0.717, 1.165) is 30.1 Å². The number of carbonyl (C=O) groups excluding carboxylic acids is 1. The Hall–Kier alpha value is -1.26. The van der Waals surface area contributed by atoms with Gasteiger partial charge in [0.25, 0.3) is 5.91 Å². The van der Waals surface area contributed by atoms with Gasteiger partial charge in [-0.15, -0.1) is 11.6 Å². The molecule has 1 aliphatic heterocycles. The van der Waals surface area contributed by atoms with Crippen molar-refractivity contribution in [2.24, 2.45) is 0 Å². The van der Waals surface area contributed by atoms with Gasteiger partial charge < -0.3 is 15.4 Å². The molecule has 4 nitrogen and oxygen atoms in total. The van der Waals surface area contributed by atoms with Crippen LogP contribution in [0.1, 0.15) is 5.56 Å². The second-order valence-electron chi connectivity index (χ2n) is 3.53. The van der Waals surface area contributed by atoms with Crippen molar-refractivity contribution < 1.29 is 9.53 Å². The molecule has 1 heterocycles. The van der Waals surface area contributed by atoms with Gasteiger partial charge in [0.15, 0.2) is 6.61 Å². The Morgan fingerprint density at radius 3 is 3.19 bits per heavy atom. The smallest absolute Gasteiger partial charge is 0.262 e. The van der Waals surface area contributed by atoms with Crippen molar-refractivity contribution in [2.45, 2.75) is 6.54 Å². The molecule has 1 amide bonds. The van der Waals surface area contributed by atoms with Gasteiger partial charge in [0, 0.05) is 19.0 Å². The highest BCUT2D eigenvalue weighted by atomic mass is 35.5. The normalized spacial score (nSPS) is 13.9. The van der Waals surface area contributed by atoms with Crippen molar-refractivity contribution in [1.29, 1.82) is 0 Å². The van der Waals surface area contributed by atoms with Crippen LogP contribution in [-0.4, -0.2) is 24.9 Å². The summed E-state index contributed by atoms with van der Waals surface area (Å²) in [4.78, 5) is 11.1. The number of fused-ring (bicyclic) bond motifs is 1. The molecule has 0 fully saturated rings. The fraction of sp³-hybridized carbons (Fsp3) is 0.364. The van der Waals surface area contributed by atoms with Gasteiger partial charge in [-0.1, -0.05) is 6.07 Å². The number of anilines is 1. The summed E-state index contributed by atoms with van der Waals surface area (Å²) in [6.07, 6.45) is 0. The average Bonchev–Trinajstić information content (AvgIpc) is 2.29. The minimum absolute atomic E-state index is 0.0941. The SMILES string of the molecule is O=C1COc2ccc(CNCCCl)cc2N1. The first kappa shape index (κ1) is 11.2. The minimum atomic E-state index is -0.113. The van der Waals surface area contributed by atoms with Crippen LogP contribution in [-0.2, 0) is 11.3 Å². The van der Waals surface area contributed by atoms with E-state index in [1.54, 1.807) is 0 Å². The van der Waals surface area contributed by atoms with Crippen molar-refractivity contribution in [3.05, 3.63) is 23.8 Å². The van der Waals surface area contributed by atoms with Crippen LogP contribution in [0.5, 0.6) is 5.75 Å². The minimum Gasteiger partial charge on any atom is -0.482 e. The van der Waals surface area contributed by atoms with Crippen LogP contribution in [0, 0.1) is 0 Å². The lowest BCUT2D eigenvalue weighted by Crippen LogP contribution is -2.25. The second-order valence-corrected chi connectivity index (χ2v) is 3.91. The summed E-state index contributed by atoms with van der Waals surface area (Å²) in [5.41, 5.74) is 1.83. The predicted octanol–water partition coefficient (Wildman–Crippen LogP) is 1.35. The molecule has 2 N–H and O–H groups in total. The van der Waals surface area contributed by atoms with Crippen LogP contribution in [0.2, 0.25) is 0 Å². The van der Waals surface area contributed by atoms with E-state index in [1.165, 1.54) is 0 Å². The van der Waals surface area contributed by atoms with Gasteiger partial charge in [-0.2, -0.15) is 0 Å². The number of alkyl halides is 1. The molecule has 0 unspecified atom stereocenters. The van der Waals surface area contributed by atoms with Crippen molar-refractivity contribution in [3.63, 3.8) is 0 Å². The van der Waals surface area contributed by atoms with E-state index in [0.29, 0.717) is 5.88 Å². The largest absolute Gasteiger partial charge is 0.482 e. The monoisotopic (exact) mass is 240 g/mol. The molecule has 1 aromatic carbocycles. The molecular weight excluding hydrogens is 228 g/mol. The van der Waals surface area contributed by atoms with Gasteiger partial charge in [0.05, 0.1) is 5.69 Å². The Bertz CT molecular complexity index is 396. The first-order chi connectivity index (χ1) is 7.79. The molecule has 0 radical (unpaired) electrons. The van der Waals surface area contributed by atoms with Crippen LogP contribution in [0.3, 0.4) is 0 Å². The molecule has 86 valence electrons. The molecular formula is C11H13ClN2O2. The Morgan fingerprint density at radius 2 is 2.38 bits per heavy atom. The summed E-state index contributed by atoms with van der Waals surface area (Å²) in [7, 11) is 0. The van der Waals surface area contributed by atoms with E-state index in [1.807, 2.05) is 18.2 Å². The van der Waals surface area contributed by atoms with E-state index in [9.17, 15) is 4.79 Å². The van der Waals surface area contributed by atoms with Gasteiger partial charge in [-0.05, 0) is 17.7 Å². The van der Waals surface area contributed by atoms with E-state index in [4.69, 9.17) is 16.3 Å². The lowest BCUT2D eigenvalue weighted by molar-refractivity contribution is -0.118. The summed E-state index contributed by atoms with van der Waals surface area (Å²) in [5.74, 6) is 1.20. The lowest BCUT2D eigenvalue weighted by Gasteiger charge is -2.18. The van der Waals surface area contributed by atoms with Gasteiger partial charge >= 0.3 is 0 Å². The summed E-state index contributed by atoms with van der Waals surface area (Å²) in [6.45, 7) is 1.59. The molecule has 0 spiro atoms. The van der Waals surface area contributed by atoms with Crippen LogP contribution in [0.4, 0.5) is 5.69 Å². The van der Waals surface area contributed by atoms with Gasteiger partial charge in [-0.25, -0.2) is 0 Å². The molecule has 0 saturated heterocycles. The number of amides is 1. The highest BCUT2D eigenvalue weighted by Crippen LogP contribution is 2.28. The number of carbonyl (C=O) groups is 1. The third kappa shape index (κ3) is 2.65. The molecule has 5 heteroatoms. The van der Waals surface area contributed by atoms with Crippen molar-refractivity contribution >= 4 is 23.2 Å². The summed E-state index contributed by atoms with van der Waals surface area (Å²) in [6, 6.07) is 5.75. The van der Waals surface area contributed by atoms with Gasteiger partial charge in [-0.3, -0.25) is 4.79 Å². The Morgan fingerprint density at radius 1 is 1.50 bits per heavy atom. The molecule has 0 aromatic heterocycles. The fourth-order valence-electron chi connectivity index (χ4n) is 1.54. The summed E-state index contributed by atoms with van der Waals surface area (Å²) >= 11 is 5.56. The standard InChI is InChI=1S/C11H13ClN2O2/c12-3-4-13-6-8-1-2-10-9(5-8)14-11(15)7-16-10/h1-2,5,13H,3-4,6-7H2,(H,14,15). The molecule has 0 saturated carbocycles. The topological polar surface area (TPSA) is 50.4 Å². The molecule has 0 aliphatic carbocycles. The molecule has 0 atom stereocenters. The Kier molecular flexibility index (Phi) is 3.64. The average molecular weight is 241 g/mol. The number of nitrogens with one attached hydrogen (secondary N) is 2. The van der Waals surface area contributed by atoms with Crippen molar-refractivity contribution in [2.75, 3.05) is 24.3 Å². The Labute approximate surface area is 98.9 Å². The van der Waals surface area contributed by atoms with Crippen LogP contribution in [0.15, 0.2) is 18.2 Å². The third-order valence-corrected chi connectivity index (χ3v) is 2.47. The Balaban J connectivity index is 2.06. The zero-order valence-electron chi connectivity index (χ0n) is 8.75. The van der Waals surface area contributed by atoms with Gasteiger partial charge in [0.1, 0.15) is 5.75 Å². The number of benzene rings is 1. The van der Waals surface area contributed by atoms with Crippen LogP contribution < -0.4 is 15.4 Å². The maximum Gasteiger partial charge on any atom is 0.262 e. The van der Waals surface area contributed by atoms with Gasteiger partial charge in [0.2, 0.25) is 0 Å². The predicted molar refractivity (Wildman–Crippen MR) is 63.0 cm³/mol. The van der Waals surface area contributed by atoms with Crippen LogP contribution >= 0.6 is 11.6 Å². The number of ether oxygens (including phenoxy) is 1. The number of rotatable bonds is 4. The highest BCUT2D eigenvalue weighted by molar-refractivity contribution is 6.18. The van der Waals surface area contributed by atoms with Crippen molar-refractivity contribution in [3.8, 4) is 5.75 Å². The summed E-state index contributed by atoms with van der Waals surface area (Å²) < 4.78 is 5.26.